The molecule has 5 heteroatoms. The zero-order chi connectivity index (χ0) is 19.3. The van der Waals surface area contributed by atoms with Gasteiger partial charge in [0.15, 0.2) is 5.79 Å². The Hall–Kier alpha value is -1.43. The quantitative estimate of drug-likeness (QED) is 0.796. The number of ether oxygens (including phenoxy) is 2. The van der Waals surface area contributed by atoms with Crippen LogP contribution in [-0.2, 0) is 20.7 Å². The standard InChI is InChI=1S/C22H34N2O3/c1-4-5-18-6-8-19(9-7-18)21(17(2)3)23-16-20(25)24-12-10-22(11-13-24)26-14-15-27-22/h6-9,17,21,23H,4-5,10-16H2,1-3H3. The Morgan fingerprint density at radius 2 is 1.78 bits per heavy atom. The maximum Gasteiger partial charge on any atom is 0.236 e. The first kappa shape index (κ1) is 20.3. The summed E-state index contributed by atoms with van der Waals surface area (Å²) in [6, 6.07) is 9.01. The van der Waals surface area contributed by atoms with Gasteiger partial charge in [-0.05, 0) is 23.5 Å². The van der Waals surface area contributed by atoms with Gasteiger partial charge in [0.2, 0.25) is 5.91 Å². The SMILES string of the molecule is CCCc1ccc(C(NCC(=O)N2CCC3(CC2)OCCO3)C(C)C)cc1. The summed E-state index contributed by atoms with van der Waals surface area (Å²) in [6.07, 6.45) is 3.81. The Bertz CT molecular complexity index is 598. The lowest BCUT2D eigenvalue weighted by Gasteiger charge is -2.37. The van der Waals surface area contributed by atoms with Gasteiger partial charge in [-0.15, -0.1) is 0 Å². The molecule has 1 N–H and O–H groups in total. The Balaban J connectivity index is 1.52. The maximum atomic E-state index is 12.7. The van der Waals surface area contributed by atoms with Crippen LogP contribution in [0.5, 0.6) is 0 Å². The summed E-state index contributed by atoms with van der Waals surface area (Å²) < 4.78 is 11.5. The van der Waals surface area contributed by atoms with Gasteiger partial charge in [0.25, 0.3) is 0 Å². The molecule has 1 unspecified atom stereocenters. The number of piperidine rings is 1. The van der Waals surface area contributed by atoms with E-state index in [0.29, 0.717) is 38.8 Å². The summed E-state index contributed by atoms with van der Waals surface area (Å²) in [5, 5.41) is 3.49. The minimum atomic E-state index is -0.426. The van der Waals surface area contributed by atoms with Crippen LogP contribution in [0.15, 0.2) is 24.3 Å². The van der Waals surface area contributed by atoms with Crippen molar-refractivity contribution in [3.8, 4) is 0 Å². The van der Waals surface area contributed by atoms with Gasteiger partial charge in [0, 0.05) is 32.0 Å². The third-order valence-corrected chi connectivity index (χ3v) is 5.71. The van der Waals surface area contributed by atoms with Gasteiger partial charge >= 0.3 is 0 Å². The average Bonchev–Trinajstić information content (AvgIpc) is 3.11. The fourth-order valence-electron chi connectivity index (χ4n) is 4.11. The van der Waals surface area contributed by atoms with E-state index in [4.69, 9.17) is 9.47 Å². The van der Waals surface area contributed by atoms with Crippen molar-refractivity contribution < 1.29 is 14.3 Å². The highest BCUT2D eigenvalue weighted by Crippen LogP contribution is 2.31. The van der Waals surface area contributed by atoms with E-state index < -0.39 is 5.79 Å². The highest BCUT2D eigenvalue weighted by Gasteiger charge is 2.40. The molecule has 0 radical (unpaired) electrons. The second-order valence-corrected chi connectivity index (χ2v) is 8.08. The third-order valence-electron chi connectivity index (χ3n) is 5.71. The zero-order valence-electron chi connectivity index (χ0n) is 17.0. The van der Waals surface area contributed by atoms with Crippen molar-refractivity contribution in [3.05, 3.63) is 35.4 Å². The van der Waals surface area contributed by atoms with Crippen molar-refractivity contribution in [1.82, 2.24) is 10.2 Å². The summed E-state index contributed by atoms with van der Waals surface area (Å²) >= 11 is 0. The van der Waals surface area contributed by atoms with E-state index >= 15 is 0 Å². The molecular weight excluding hydrogens is 340 g/mol. The van der Waals surface area contributed by atoms with Crippen LogP contribution < -0.4 is 5.32 Å². The van der Waals surface area contributed by atoms with Crippen molar-refractivity contribution in [2.45, 2.75) is 58.3 Å². The van der Waals surface area contributed by atoms with E-state index in [1.165, 1.54) is 11.1 Å². The molecule has 0 aliphatic carbocycles. The van der Waals surface area contributed by atoms with Gasteiger partial charge in [-0.1, -0.05) is 51.5 Å². The molecular formula is C22H34N2O3. The number of nitrogens with zero attached hydrogens (tertiary/aromatic N) is 1. The number of aryl methyl sites for hydroxylation is 1. The molecule has 1 spiro atoms. The molecule has 2 aliphatic rings. The molecule has 1 aromatic carbocycles. The predicted molar refractivity (Wildman–Crippen MR) is 106 cm³/mol. The number of nitrogens with one attached hydrogen (secondary N) is 1. The molecule has 0 saturated carbocycles. The normalized spacial score (nSPS) is 20.4. The number of hydrogen-bond acceptors (Lipinski definition) is 4. The van der Waals surface area contributed by atoms with E-state index in [9.17, 15) is 4.79 Å². The van der Waals surface area contributed by atoms with E-state index in [2.05, 4.69) is 50.4 Å². The number of benzene rings is 1. The molecule has 5 nitrogen and oxygen atoms in total. The van der Waals surface area contributed by atoms with Crippen LogP contribution in [-0.4, -0.2) is 49.4 Å². The lowest BCUT2D eigenvalue weighted by atomic mass is 9.94. The average molecular weight is 375 g/mol. The zero-order valence-corrected chi connectivity index (χ0v) is 17.0. The highest BCUT2D eigenvalue weighted by molar-refractivity contribution is 5.78. The van der Waals surface area contributed by atoms with E-state index in [0.717, 1.165) is 25.7 Å². The number of amides is 1. The lowest BCUT2D eigenvalue weighted by Crippen LogP contribution is -2.49. The number of likely N-dealkylation sites (tertiary alicyclic amines) is 1. The first-order valence-electron chi connectivity index (χ1n) is 10.4. The third kappa shape index (κ3) is 5.09. The fraction of sp³-hybridized carbons (Fsp3) is 0.682. The van der Waals surface area contributed by atoms with E-state index in [1.54, 1.807) is 0 Å². The number of carbonyl (C=O) groups excluding carboxylic acids is 1. The van der Waals surface area contributed by atoms with Gasteiger partial charge in [0.1, 0.15) is 0 Å². The maximum absolute atomic E-state index is 12.7. The number of carbonyl (C=O) groups is 1. The van der Waals surface area contributed by atoms with Crippen LogP contribution in [0.1, 0.15) is 57.2 Å². The Labute approximate surface area is 163 Å². The van der Waals surface area contributed by atoms with E-state index in [-0.39, 0.29) is 11.9 Å². The van der Waals surface area contributed by atoms with E-state index in [1.807, 2.05) is 4.90 Å². The number of hydrogen-bond donors (Lipinski definition) is 1. The molecule has 1 aromatic rings. The van der Waals surface area contributed by atoms with Crippen LogP contribution >= 0.6 is 0 Å². The monoisotopic (exact) mass is 374 g/mol. The van der Waals surface area contributed by atoms with Gasteiger partial charge in [0.05, 0.1) is 19.8 Å². The topological polar surface area (TPSA) is 50.8 Å². The molecule has 0 aromatic heterocycles. The minimum Gasteiger partial charge on any atom is -0.347 e. The van der Waals surface area contributed by atoms with Gasteiger partial charge < -0.3 is 19.7 Å². The Morgan fingerprint density at radius 1 is 1.15 bits per heavy atom. The molecule has 2 fully saturated rings. The first-order chi connectivity index (χ1) is 13.0. The molecule has 0 bridgehead atoms. The molecule has 1 amide bonds. The summed E-state index contributed by atoms with van der Waals surface area (Å²) in [5.41, 5.74) is 2.63. The van der Waals surface area contributed by atoms with Gasteiger partial charge in [-0.25, -0.2) is 0 Å². The molecule has 2 saturated heterocycles. The predicted octanol–water partition coefficient (Wildman–Crippen LogP) is 3.29. The summed E-state index contributed by atoms with van der Waals surface area (Å²) in [7, 11) is 0. The van der Waals surface area contributed by atoms with Gasteiger partial charge in [-0.3, -0.25) is 4.79 Å². The molecule has 150 valence electrons. The smallest absolute Gasteiger partial charge is 0.236 e. The van der Waals surface area contributed by atoms with Gasteiger partial charge in [-0.2, -0.15) is 0 Å². The molecule has 3 rings (SSSR count). The van der Waals surface area contributed by atoms with Crippen LogP contribution in [0.3, 0.4) is 0 Å². The second kappa shape index (κ2) is 9.18. The van der Waals surface area contributed by atoms with Crippen molar-refractivity contribution >= 4 is 5.91 Å². The Kier molecular flexibility index (Phi) is 6.90. The van der Waals surface area contributed by atoms with Crippen molar-refractivity contribution in [1.29, 1.82) is 0 Å². The summed E-state index contributed by atoms with van der Waals surface area (Å²) in [6.45, 7) is 9.71. The minimum absolute atomic E-state index is 0.163. The second-order valence-electron chi connectivity index (χ2n) is 8.08. The van der Waals surface area contributed by atoms with Crippen LogP contribution in [0.4, 0.5) is 0 Å². The lowest BCUT2D eigenvalue weighted by molar-refractivity contribution is -0.187. The molecule has 27 heavy (non-hydrogen) atoms. The van der Waals surface area contributed by atoms with Crippen LogP contribution in [0.2, 0.25) is 0 Å². The Morgan fingerprint density at radius 3 is 2.33 bits per heavy atom. The number of rotatable bonds is 7. The van der Waals surface area contributed by atoms with Crippen molar-refractivity contribution in [2.24, 2.45) is 5.92 Å². The molecule has 2 heterocycles. The largest absolute Gasteiger partial charge is 0.347 e. The van der Waals surface area contributed by atoms with Crippen LogP contribution in [0, 0.1) is 5.92 Å². The highest BCUT2D eigenvalue weighted by atomic mass is 16.7. The molecule has 1 atom stereocenters. The van der Waals surface area contributed by atoms with Crippen molar-refractivity contribution in [3.63, 3.8) is 0 Å². The van der Waals surface area contributed by atoms with Crippen LogP contribution in [0.25, 0.3) is 0 Å². The summed E-state index contributed by atoms with van der Waals surface area (Å²) in [4.78, 5) is 14.6. The molecule has 2 aliphatic heterocycles. The summed E-state index contributed by atoms with van der Waals surface area (Å²) in [5.74, 6) is 0.154. The fourth-order valence-corrected chi connectivity index (χ4v) is 4.11. The van der Waals surface area contributed by atoms with Crippen molar-refractivity contribution in [2.75, 3.05) is 32.8 Å². The first-order valence-corrected chi connectivity index (χ1v) is 10.4.